The second kappa shape index (κ2) is 5.94. The number of nitro groups is 2. The number of hydrogen-bond acceptors (Lipinski definition) is 7. The first-order chi connectivity index (χ1) is 13.6. The van der Waals surface area contributed by atoms with Crippen molar-refractivity contribution in [3.05, 3.63) is 67.8 Å². The van der Waals surface area contributed by atoms with Crippen LogP contribution in [0.3, 0.4) is 0 Å². The first kappa shape index (κ1) is 18.7. The van der Waals surface area contributed by atoms with E-state index in [0.717, 1.165) is 11.3 Å². The molecule has 0 saturated heterocycles. The molecule has 29 heavy (non-hydrogen) atoms. The molecule has 0 amide bonds. The van der Waals surface area contributed by atoms with E-state index in [2.05, 4.69) is 0 Å². The van der Waals surface area contributed by atoms with Gasteiger partial charge in [-0.15, -0.1) is 0 Å². The lowest BCUT2D eigenvalue weighted by atomic mass is 9.76. The normalized spacial score (nSPS) is 20.8. The highest BCUT2D eigenvalue weighted by atomic mass is 16.6. The zero-order valence-electron chi connectivity index (χ0n) is 16.3. The lowest BCUT2D eigenvalue weighted by molar-refractivity contribution is -0.386. The highest BCUT2D eigenvalue weighted by Crippen LogP contribution is 2.56. The number of likely N-dealkylation sites (N-methyl/N-ethyl adjacent to an activating group) is 1. The summed E-state index contributed by atoms with van der Waals surface area (Å²) in [5.74, 6) is 0.498. The molecule has 0 radical (unpaired) electrons. The van der Waals surface area contributed by atoms with E-state index in [-0.39, 0.29) is 17.1 Å². The summed E-state index contributed by atoms with van der Waals surface area (Å²) in [4.78, 5) is 23.9. The van der Waals surface area contributed by atoms with E-state index >= 15 is 0 Å². The largest absolute Gasteiger partial charge is 0.496 e. The van der Waals surface area contributed by atoms with E-state index < -0.39 is 21.0 Å². The summed E-state index contributed by atoms with van der Waals surface area (Å²) in [7, 11) is 3.25. The molecule has 0 N–H and O–H groups in total. The van der Waals surface area contributed by atoms with Gasteiger partial charge in [-0.3, -0.25) is 20.2 Å². The molecule has 2 heterocycles. The van der Waals surface area contributed by atoms with Crippen LogP contribution in [0.4, 0.5) is 17.1 Å². The SMILES string of the molecule is COc1cc2c(c([N+](=O)[O-])c1)OC1(C=C2)N(C)c2ccc([N+](=O)[O-])cc2C1(C)C. The molecule has 1 atom stereocenters. The highest BCUT2D eigenvalue weighted by Gasteiger charge is 2.58. The summed E-state index contributed by atoms with van der Waals surface area (Å²) in [6.45, 7) is 3.81. The maximum absolute atomic E-state index is 11.7. The maximum Gasteiger partial charge on any atom is 0.315 e. The van der Waals surface area contributed by atoms with Crippen molar-refractivity contribution in [2.24, 2.45) is 0 Å². The number of rotatable bonds is 3. The Kier molecular flexibility index (Phi) is 3.83. The fourth-order valence-corrected chi connectivity index (χ4v) is 4.23. The molecule has 0 saturated carbocycles. The van der Waals surface area contributed by atoms with Crippen molar-refractivity contribution in [3.8, 4) is 11.5 Å². The Balaban J connectivity index is 1.90. The Labute approximate surface area is 166 Å². The average Bonchev–Trinajstić information content (AvgIpc) is 2.85. The molecular formula is C20H19N3O6. The Morgan fingerprint density at radius 1 is 1.10 bits per heavy atom. The van der Waals surface area contributed by atoms with Crippen molar-refractivity contribution in [1.29, 1.82) is 0 Å². The van der Waals surface area contributed by atoms with Crippen LogP contribution in [0.15, 0.2) is 36.4 Å². The van der Waals surface area contributed by atoms with Crippen molar-refractivity contribution >= 4 is 23.1 Å². The number of nitrogens with zero attached hydrogens (tertiary/aromatic N) is 3. The van der Waals surface area contributed by atoms with Crippen LogP contribution in [0, 0.1) is 20.2 Å². The zero-order chi connectivity index (χ0) is 21.1. The molecule has 0 fully saturated rings. The van der Waals surface area contributed by atoms with Gasteiger partial charge in [0.25, 0.3) is 5.69 Å². The highest BCUT2D eigenvalue weighted by molar-refractivity contribution is 5.76. The second-order valence-corrected chi connectivity index (χ2v) is 7.60. The predicted molar refractivity (Wildman–Crippen MR) is 107 cm³/mol. The maximum atomic E-state index is 11.7. The third-order valence-electron chi connectivity index (χ3n) is 5.87. The van der Waals surface area contributed by atoms with Crippen LogP contribution < -0.4 is 14.4 Å². The fourth-order valence-electron chi connectivity index (χ4n) is 4.23. The summed E-state index contributed by atoms with van der Waals surface area (Å²) in [5, 5.41) is 22.9. The van der Waals surface area contributed by atoms with E-state index in [1.54, 1.807) is 18.2 Å². The van der Waals surface area contributed by atoms with E-state index in [4.69, 9.17) is 9.47 Å². The third kappa shape index (κ3) is 2.40. The Morgan fingerprint density at radius 2 is 1.83 bits per heavy atom. The first-order valence-electron chi connectivity index (χ1n) is 8.90. The standard InChI is InChI=1S/C20H19N3O6/c1-19(2)15-10-13(22(24)25)5-6-16(15)21(3)20(19)8-7-12-9-14(28-4)11-17(23(26)27)18(12)29-20/h5-11H,1-4H3. The van der Waals surface area contributed by atoms with E-state index in [1.165, 1.54) is 25.3 Å². The lowest BCUT2D eigenvalue weighted by Crippen LogP contribution is -2.58. The minimum absolute atomic E-state index is 0.0156. The van der Waals surface area contributed by atoms with Crippen molar-refractivity contribution in [2.75, 3.05) is 19.1 Å². The van der Waals surface area contributed by atoms with Crippen LogP contribution in [0.2, 0.25) is 0 Å². The summed E-state index contributed by atoms with van der Waals surface area (Å²) >= 11 is 0. The van der Waals surface area contributed by atoms with Gasteiger partial charge >= 0.3 is 5.69 Å². The monoisotopic (exact) mass is 397 g/mol. The molecule has 0 aromatic heterocycles. The second-order valence-electron chi connectivity index (χ2n) is 7.60. The van der Waals surface area contributed by atoms with Crippen LogP contribution in [-0.4, -0.2) is 29.7 Å². The number of benzene rings is 2. The molecule has 9 heteroatoms. The topological polar surface area (TPSA) is 108 Å². The fraction of sp³-hybridized carbons (Fsp3) is 0.300. The molecule has 1 unspecified atom stereocenters. The molecule has 2 aliphatic heterocycles. The van der Waals surface area contributed by atoms with Crippen LogP contribution in [0.25, 0.3) is 6.08 Å². The zero-order valence-corrected chi connectivity index (χ0v) is 16.3. The van der Waals surface area contributed by atoms with Crippen molar-refractivity contribution in [1.82, 2.24) is 0 Å². The van der Waals surface area contributed by atoms with Gasteiger partial charge in [0, 0.05) is 30.4 Å². The molecule has 2 aromatic rings. The lowest BCUT2D eigenvalue weighted by Gasteiger charge is -2.45. The Hall–Kier alpha value is -3.62. The van der Waals surface area contributed by atoms with Crippen LogP contribution in [0.5, 0.6) is 11.5 Å². The van der Waals surface area contributed by atoms with Gasteiger partial charge in [0.2, 0.25) is 11.5 Å². The van der Waals surface area contributed by atoms with Gasteiger partial charge in [-0.2, -0.15) is 0 Å². The first-order valence-corrected chi connectivity index (χ1v) is 8.90. The predicted octanol–water partition coefficient (Wildman–Crippen LogP) is 4.04. The number of nitro benzene ring substituents is 2. The average molecular weight is 397 g/mol. The molecule has 150 valence electrons. The number of fused-ring (bicyclic) bond motifs is 2. The third-order valence-corrected chi connectivity index (χ3v) is 5.87. The van der Waals surface area contributed by atoms with Gasteiger partial charge in [-0.25, -0.2) is 0 Å². The Morgan fingerprint density at radius 3 is 2.45 bits per heavy atom. The number of non-ortho nitro benzene ring substituents is 1. The van der Waals surface area contributed by atoms with Gasteiger partial charge in [0.15, 0.2) is 0 Å². The van der Waals surface area contributed by atoms with Gasteiger partial charge < -0.3 is 14.4 Å². The molecule has 2 aliphatic rings. The molecule has 0 aliphatic carbocycles. The molecule has 2 aromatic carbocycles. The van der Waals surface area contributed by atoms with Crippen molar-refractivity contribution < 1.29 is 19.3 Å². The van der Waals surface area contributed by atoms with Crippen molar-refractivity contribution in [2.45, 2.75) is 25.0 Å². The van der Waals surface area contributed by atoms with Gasteiger partial charge in [0.05, 0.1) is 28.4 Å². The number of ether oxygens (including phenoxy) is 2. The van der Waals surface area contributed by atoms with E-state index in [1.807, 2.05) is 31.9 Å². The van der Waals surface area contributed by atoms with E-state index in [0.29, 0.717) is 11.3 Å². The molecule has 0 bridgehead atoms. The van der Waals surface area contributed by atoms with Gasteiger partial charge in [-0.05, 0) is 43.7 Å². The number of anilines is 1. The van der Waals surface area contributed by atoms with Gasteiger partial charge in [0.1, 0.15) is 5.75 Å². The molecule has 9 nitrogen and oxygen atoms in total. The molecular weight excluding hydrogens is 378 g/mol. The van der Waals surface area contributed by atoms with Crippen LogP contribution in [-0.2, 0) is 5.41 Å². The molecule has 1 spiro atoms. The Bertz CT molecular complexity index is 1090. The van der Waals surface area contributed by atoms with Crippen LogP contribution >= 0.6 is 0 Å². The summed E-state index contributed by atoms with van der Waals surface area (Å²) in [5.41, 5.74) is 0.00525. The van der Waals surface area contributed by atoms with E-state index in [9.17, 15) is 20.2 Å². The number of methoxy groups -OCH3 is 1. The smallest absolute Gasteiger partial charge is 0.315 e. The quantitative estimate of drug-likeness (QED) is 0.568. The summed E-state index contributed by atoms with van der Waals surface area (Å²) < 4.78 is 11.5. The van der Waals surface area contributed by atoms with Crippen molar-refractivity contribution in [3.63, 3.8) is 0 Å². The summed E-state index contributed by atoms with van der Waals surface area (Å²) in [6.07, 6.45) is 3.61. The molecule has 4 rings (SSSR count). The minimum Gasteiger partial charge on any atom is -0.496 e. The van der Waals surface area contributed by atoms with Crippen LogP contribution in [0.1, 0.15) is 25.0 Å². The minimum atomic E-state index is -1.09. The number of hydrogen-bond donors (Lipinski definition) is 0. The summed E-state index contributed by atoms with van der Waals surface area (Å²) in [6, 6.07) is 7.66. The van der Waals surface area contributed by atoms with Gasteiger partial charge in [-0.1, -0.05) is 0 Å².